The lowest BCUT2D eigenvalue weighted by Gasteiger charge is -2.28. The molecule has 0 aliphatic carbocycles. The normalized spacial score (nSPS) is 10.9. The van der Waals surface area contributed by atoms with Crippen molar-refractivity contribution in [2.24, 2.45) is 0 Å². The van der Waals surface area contributed by atoms with Gasteiger partial charge in [-0.1, -0.05) is 0 Å². The average Bonchev–Trinajstić information content (AvgIpc) is 2.25. The first-order chi connectivity index (χ1) is 8.24. The molecule has 1 aromatic carbocycles. The van der Waals surface area contributed by atoms with Gasteiger partial charge in [0.15, 0.2) is 5.78 Å². The summed E-state index contributed by atoms with van der Waals surface area (Å²) in [5, 5.41) is 18.9. The van der Waals surface area contributed by atoms with Crippen LogP contribution in [0.1, 0.15) is 36.7 Å². The number of likely N-dealkylation sites (N-methyl/N-ethyl adjacent to an activating group) is 1. The number of hydrogen-bond acceptors (Lipinski definition) is 4. The van der Waals surface area contributed by atoms with E-state index in [1.165, 1.54) is 6.92 Å². The number of benzene rings is 1. The molecule has 0 heterocycles. The molecule has 0 atom stereocenters. The van der Waals surface area contributed by atoms with Crippen LogP contribution in [0.4, 0.5) is 5.69 Å². The van der Waals surface area contributed by atoms with E-state index < -0.39 is 5.60 Å². The number of carbonyl (C=O) groups excluding carboxylic acids is 1. The number of nitriles is 1. The van der Waals surface area contributed by atoms with Crippen molar-refractivity contribution in [3.63, 3.8) is 0 Å². The largest absolute Gasteiger partial charge is 0.389 e. The van der Waals surface area contributed by atoms with Gasteiger partial charge >= 0.3 is 0 Å². The predicted octanol–water partition coefficient (Wildman–Crippen LogP) is 1.97. The first-order valence-electron chi connectivity index (χ1n) is 5.73. The molecule has 0 fully saturated rings. The molecule has 1 rings (SSSR count). The van der Waals surface area contributed by atoms with Crippen molar-refractivity contribution in [3.8, 4) is 6.07 Å². The monoisotopic (exact) mass is 246 g/mol. The molecule has 0 spiro atoms. The zero-order valence-electron chi connectivity index (χ0n) is 11.2. The van der Waals surface area contributed by atoms with Crippen LogP contribution >= 0.6 is 0 Å². The summed E-state index contributed by atoms with van der Waals surface area (Å²) in [6.07, 6.45) is 0. The molecule has 96 valence electrons. The van der Waals surface area contributed by atoms with Crippen molar-refractivity contribution in [1.29, 1.82) is 5.26 Å². The van der Waals surface area contributed by atoms with Gasteiger partial charge in [0.2, 0.25) is 0 Å². The molecular weight excluding hydrogens is 228 g/mol. The minimum atomic E-state index is -0.867. The molecule has 0 aliphatic heterocycles. The molecule has 0 aliphatic rings. The van der Waals surface area contributed by atoms with E-state index in [4.69, 9.17) is 5.26 Å². The van der Waals surface area contributed by atoms with E-state index in [1.54, 1.807) is 44.0 Å². The number of aliphatic hydroxyl groups is 1. The van der Waals surface area contributed by atoms with Crippen molar-refractivity contribution in [1.82, 2.24) is 0 Å². The second-order valence-corrected chi connectivity index (χ2v) is 5.07. The number of anilines is 1. The van der Waals surface area contributed by atoms with E-state index in [0.717, 1.165) is 0 Å². The highest BCUT2D eigenvalue weighted by Gasteiger charge is 2.18. The predicted molar refractivity (Wildman–Crippen MR) is 70.7 cm³/mol. The average molecular weight is 246 g/mol. The van der Waals surface area contributed by atoms with Crippen LogP contribution in [-0.4, -0.2) is 30.1 Å². The number of ketones is 1. The highest BCUT2D eigenvalue weighted by Crippen LogP contribution is 2.22. The third kappa shape index (κ3) is 3.57. The maximum Gasteiger partial charge on any atom is 0.159 e. The van der Waals surface area contributed by atoms with Crippen LogP contribution in [0.15, 0.2) is 18.2 Å². The lowest BCUT2D eigenvalue weighted by molar-refractivity contribution is 0.0886. The zero-order valence-corrected chi connectivity index (χ0v) is 11.2. The van der Waals surface area contributed by atoms with Gasteiger partial charge in [0.25, 0.3) is 0 Å². The van der Waals surface area contributed by atoms with Gasteiger partial charge in [-0.2, -0.15) is 5.26 Å². The van der Waals surface area contributed by atoms with Crippen molar-refractivity contribution >= 4 is 11.5 Å². The van der Waals surface area contributed by atoms with E-state index in [2.05, 4.69) is 6.07 Å². The van der Waals surface area contributed by atoms with E-state index in [9.17, 15) is 9.90 Å². The summed E-state index contributed by atoms with van der Waals surface area (Å²) >= 11 is 0. The highest BCUT2D eigenvalue weighted by atomic mass is 16.3. The van der Waals surface area contributed by atoms with Crippen LogP contribution in [-0.2, 0) is 0 Å². The van der Waals surface area contributed by atoms with E-state index in [-0.39, 0.29) is 5.78 Å². The van der Waals surface area contributed by atoms with E-state index in [0.29, 0.717) is 23.4 Å². The Labute approximate surface area is 107 Å². The first-order valence-corrected chi connectivity index (χ1v) is 5.73. The van der Waals surface area contributed by atoms with Gasteiger partial charge in [-0.15, -0.1) is 0 Å². The van der Waals surface area contributed by atoms with Gasteiger partial charge in [-0.3, -0.25) is 4.79 Å². The molecule has 0 amide bonds. The van der Waals surface area contributed by atoms with Crippen LogP contribution in [0.25, 0.3) is 0 Å². The summed E-state index contributed by atoms with van der Waals surface area (Å²) < 4.78 is 0. The third-order valence-electron chi connectivity index (χ3n) is 2.56. The summed E-state index contributed by atoms with van der Waals surface area (Å²) in [6, 6.07) is 7.05. The van der Waals surface area contributed by atoms with Gasteiger partial charge in [0.05, 0.1) is 16.9 Å². The Morgan fingerprint density at radius 1 is 1.50 bits per heavy atom. The number of rotatable bonds is 4. The summed E-state index contributed by atoms with van der Waals surface area (Å²) in [7, 11) is 1.79. The fourth-order valence-electron chi connectivity index (χ4n) is 1.83. The fourth-order valence-corrected chi connectivity index (χ4v) is 1.83. The van der Waals surface area contributed by atoms with Crippen LogP contribution in [0.3, 0.4) is 0 Å². The molecule has 0 bridgehead atoms. The zero-order chi connectivity index (χ0) is 13.9. The van der Waals surface area contributed by atoms with Crippen molar-refractivity contribution in [3.05, 3.63) is 29.3 Å². The summed E-state index contributed by atoms with van der Waals surface area (Å²) in [4.78, 5) is 13.1. The molecule has 0 saturated heterocycles. The van der Waals surface area contributed by atoms with E-state index in [1.807, 2.05) is 0 Å². The fraction of sp³-hybridized carbons (Fsp3) is 0.429. The second-order valence-electron chi connectivity index (χ2n) is 5.07. The van der Waals surface area contributed by atoms with Gasteiger partial charge in [-0.05, 0) is 39.0 Å². The van der Waals surface area contributed by atoms with Crippen LogP contribution in [0.5, 0.6) is 0 Å². The Morgan fingerprint density at radius 2 is 2.11 bits per heavy atom. The molecule has 1 N–H and O–H groups in total. The van der Waals surface area contributed by atoms with Gasteiger partial charge < -0.3 is 10.0 Å². The number of hydrogen-bond donors (Lipinski definition) is 1. The highest BCUT2D eigenvalue weighted by molar-refractivity contribution is 5.95. The minimum absolute atomic E-state index is 0.0441. The Kier molecular flexibility index (Phi) is 4.10. The standard InChI is InChI=1S/C14H18N2O2/c1-10(17)11-5-6-12(8-15)13(7-11)16(4)9-14(2,3)18/h5-7,18H,9H2,1-4H3. The van der Waals surface area contributed by atoms with Crippen LogP contribution < -0.4 is 4.90 Å². The lowest BCUT2D eigenvalue weighted by Crippen LogP contribution is -2.36. The van der Waals surface area contributed by atoms with Crippen molar-refractivity contribution in [2.75, 3.05) is 18.5 Å². The molecule has 0 radical (unpaired) electrons. The van der Waals surface area contributed by atoms with Crippen LogP contribution in [0.2, 0.25) is 0 Å². The number of carbonyl (C=O) groups is 1. The van der Waals surface area contributed by atoms with Gasteiger partial charge in [0, 0.05) is 19.2 Å². The molecule has 0 unspecified atom stereocenters. The summed E-state index contributed by atoms with van der Waals surface area (Å²) in [6.45, 7) is 5.26. The molecule has 4 nitrogen and oxygen atoms in total. The number of nitrogens with zero attached hydrogens (tertiary/aromatic N) is 2. The maximum atomic E-state index is 11.4. The second kappa shape index (κ2) is 5.19. The Hall–Kier alpha value is -1.86. The van der Waals surface area contributed by atoms with Gasteiger partial charge in [0.1, 0.15) is 6.07 Å². The molecule has 18 heavy (non-hydrogen) atoms. The lowest BCUT2D eigenvalue weighted by atomic mass is 10.0. The molecule has 4 heteroatoms. The Bertz CT molecular complexity index is 495. The van der Waals surface area contributed by atoms with Gasteiger partial charge in [-0.25, -0.2) is 0 Å². The third-order valence-corrected chi connectivity index (χ3v) is 2.56. The Morgan fingerprint density at radius 3 is 2.56 bits per heavy atom. The molecule has 1 aromatic rings. The number of Topliss-reactive ketones (excluding diaryl/α,β-unsaturated/α-hetero) is 1. The quantitative estimate of drug-likeness (QED) is 0.825. The Balaban J connectivity index is 3.16. The smallest absolute Gasteiger partial charge is 0.159 e. The summed E-state index contributed by atoms with van der Waals surface area (Å²) in [5.41, 5.74) is 0.846. The van der Waals surface area contributed by atoms with Crippen LogP contribution in [0, 0.1) is 11.3 Å². The van der Waals surface area contributed by atoms with Crippen molar-refractivity contribution in [2.45, 2.75) is 26.4 Å². The summed E-state index contributed by atoms with van der Waals surface area (Å²) in [5.74, 6) is -0.0441. The molecule has 0 aromatic heterocycles. The molecular formula is C14H18N2O2. The van der Waals surface area contributed by atoms with Crippen molar-refractivity contribution < 1.29 is 9.90 Å². The van der Waals surface area contributed by atoms with E-state index >= 15 is 0 Å². The minimum Gasteiger partial charge on any atom is -0.389 e. The maximum absolute atomic E-state index is 11.4. The first kappa shape index (κ1) is 14.2. The topological polar surface area (TPSA) is 64.3 Å². The molecule has 0 saturated carbocycles. The SMILES string of the molecule is CC(=O)c1ccc(C#N)c(N(C)CC(C)(C)O)c1.